The number of carbonyl (C=O) groups is 1. The van der Waals surface area contributed by atoms with Gasteiger partial charge < -0.3 is 4.74 Å². The number of ether oxygens (including phenoxy) is 1. The van der Waals surface area contributed by atoms with Gasteiger partial charge in [0.1, 0.15) is 18.1 Å². The number of hydrogen-bond acceptors (Lipinski definition) is 4. The molecule has 0 aliphatic carbocycles. The molecule has 0 saturated heterocycles. The van der Waals surface area contributed by atoms with Crippen LogP contribution in [-0.4, -0.2) is 21.9 Å². The summed E-state index contributed by atoms with van der Waals surface area (Å²) in [5, 5.41) is 8.66. The molecule has 8 heteroatoms. The van der Waals surface area contributed by atoms with Gasteiger partial charge in [-0.2, -0.15) is 10.2 Å². The van der Waals surface area contributed by atoms with Crippen LogP contribution in [-0.2, 0) is 13.7 Å². The van der Waals surface area contributed by atoms with Crippen LogP contribution in [0.1, 0.15) is 21.6 Å². The number of hydrogen-bond donors (Lipinski definition) is 1. The van der Waals surface area contributed by atoms with Crippen molar-refractivity contribution in [3.8, 4) is 5.75 Å². The minimum atomic E-state index is -0.346. The van der Waals surface area contributed by atoms with Crippen LogP contribution in [0.15, 0.2) is 64.3 Å². The van der Waals surface area contributed by atoms with Crippen molar-refractivity contribution < 1.29 is 9.53 Å². The fourth-order valence-corrected chi connectivity index (χ4v) is 2.94. The number of nitrogens with one attached hydrogen (secondary N) is 1. The van der Waals surface area contributed by atoms with E-state index in [1.54, 1.807) is 19.5 Å². The van der Waals surface area contributed by atoms with E-state index in [1.165, 1.54) is 4.68 Å². The second-order valence-electron chi connectivity index (χ2n) is 5.65. The third-order valence-corrected chi connectivity index (χ3v) is 4.52. The van der Waals surface area contributed by atoms with E-state index in [9.17, 15) is 4.79 Å². The Morgan fingerprint density at radius 1 is 1.26 bits per heavy atom. The van der Waals surface area contributed by atoms with Crippen LogP contribution in [0, 0.1) is 0 Å². The summed E-state index contributed by atoms with van der Waals surface area (Å²) in [6.07, 6.45) is 3.12. The molecule has 27 heavy (non-hydrogen) atoms. The molecule has 2 aromatic carbocycles. The number of hydrazone groups is 1. The number of halogens is 2. The van der Waals surface area contributed by atoms with Gasteiger partial charge in [-0.05, 0) is 63.5 Å². The molecule has 1 heterocycles. The third-order valence-electron chi connectivity index (χ3n) is 3.69. The van der Waals surface area contributed by atoms with E-state index in [2.05, 4.69) is 31.6 Å². The van der Waals surface area contributed by atoms with E-state index in [4.69, 9.17) is 16.3 Å². The van der Waals surface area contributed by atoms with Gasteiger partial charge in [-0.15, -0.1) is 0 Å². The standard InChI is InChI=1S/C19H16BrClN4O2/c1-25-18(17(20)11-23-25)19(26)24-22-10-13-4-8-16(9-5-13)27-12-14-2-6-15(21)7-3-14/h2-11H,12H2,1H3,(H,24,26)/b22-10+. The smallest absolute Gasteiger partial charge is 0.290 e. The van der Waals surface area contributed by atoms with E-state index in [0.29, 0.717) is 21.8 Å². The molecule has 1 N–H and O–H groups in total. The fraction of sp³-hybridized carbons (Fsp3) is 0.105. The first-order chi connectivity index (χ1) is 13.0. The summed E-state index contributed by atoms with van der Waals surface area (Å²) in [6, 6.07) is 14.9. The van der Waals surface area contributed by atoms with Crippen molar-refractivity contribution in [1.82, 2.24) is 15.2 Å². The van der Waals surface area contributed by atoms with Crippen LogP contribution in [0.5, 0.6) is 5.75 Å². The number of amides is 1. The second kappa shape index (κ2) is 8.83. The second-order valence-corrected chi connectivity index (χ2v) is 6.94. The lowest BCUT2D eigenvalue weighted by atomic mass is 10.2. The molecule has 6 nitrogen and oxygen atoms in total. The number of aromatic nitrogens is 2. The Morgan fingerprint density at radius 2 is 1.96 bits per heavy atom. The Hall–Kier alpha value is -2.64. The lowest BCUT2D eigenvalue weighted by Gasteiger charge is -2.06. The number of rotatable bonds is 6. The maximum Gasteiger partial charge on any atom is 0.290 e. The Kier molecular flexibility index (Phi) is 6.26. The van der Waals surface area contributed by atoms with Gasteiger partial charge in [0.05, 0.1) is 16.9 Å². The average molecular weight is 448 g/mol. The molecule has 1 aromatic heterocycles. The normalized spacial score (nSPS) is 10.9. The monoisotopic (exact) mass is 446 g/mol. The van der Waals surface area contributed by atoms with Crippen LogP contribution in [0.3, 0.4) is 0 Å². The van der Waals surface area contributed by atoms with E-state index >= 15 is 0 Å². The summed E-state index contributed by atoms with van der Waals surface area (Å²) in [5.41, 5.74) is 4.75. The molecule has 1 amide bonds. The molecule has 0 spiro atoms. The number of nitrogens with zero attached hydrogens (tertiary/aromatic N) is 3. The van der Waals surface area contributed by atoms with E-state index in [-0.39, 0.29) is 5.91 Å². The quantitative estimate of drug-likeness (QED) is 0.455. The molecule has 0 fully saturated rings. The van der Waals surface area contributed by atoms with Gasteiger partial charge in [0.25, 0.3) is 5.91 Å². The Bertz CT molecular complexity index is 933. The summed E-state index contributed by atoms with van der Waals surface area (Å²) in [7, 11) is 1.69. The first-order valence-electron chi connectivity index (χ1n) is 8.01. The molecule has 3 aromatic rings. The highest BCUT2D eigenvalue weighted by Gasteiger charge is 2.14. The van der Waals surface area contributed by atoms with E-state index < -0.39 is 0 Å². The van der Waals surface area contributed by atoms with Crippen LogP contribution in [0.4, 0.5) is 0 Å². The topological polar surface area (TPSA) is 68.5 Å². The summed E-state index contributed by atoms with van der Waals surface area (Å²) in [5.74, 6) is 0.394. The maximum atomic E-state index is 12.1. The lowest BCUT2D eigenvalue weighted by Crippen LogP contribution is -2.21. The molecular formula is C19H16BrClN4O2. The summed E-state index contributed by atoms with van der Waals surface area (Å²) in [4.78, 5) is 12.1. The van der Waals surface area contributed by atoms with Crippen LogP contribution >= 0.6 is 27.5 Å². The summed E-state index contributed by atoms with van der Waals surface area (Å²) in [6.45, 7) is 0.459. The zero-order valence-electron chi connectivity index (χ0n) is 14.4. The van der Waals surface area contributed by atoms with Gasteiger partial charge >= 0.3 is 0 Å². The SMILES string of the molecule is Cn1ncc(Br)c1C(=O)N/N=C/c1ccc(OCc2ccc(Cl)cc2)cc1. The highest BCUT2D eigenvalue weighted by molar-refractivity contribution is 9.10. The largest absolute Gasteiger partial charge is 0.489 e. The van der Waals surface area contributed by atoms with E-state index in [1.807, 2.05) is 48.5 Å². The molecule has 0 atom stereocenters. The van der Waals surface area contributed by atoms with Gasteiger partial charge in [0, 0.05) is 12.1 Å². The molecule has 0 radical (unpaired) electrons. The molecule has 0 aliphatic rings. The van der Waals surface area contributed by atoms with Crippen molar-refractivity contribution >= 4 is 39.7 Å². The van der Waals surface area contributed by atoms with Crippen molar-refractivity contribution in [2.75, 3.05) is 0 Å². The van der Waals surface area contributed by atoms with Crippen LogP contribution < -0.4 is 10.2 Å². The Morgan fingerprint density at radius 3 is 2.59 bits per heavy atom. The van der Waals surface area contributed by atoms with Gasteiger partial charge in [-0.25, -0.2) is 5.43 Å². The van der Waals surface area contributed by atoms with Crippen molar-refractivity contribution in [2.45, 2.75) is 6.61 Å². The maximum absolute atomic E-state index is 12.1. The number of aryl methyl sites for hydroxylation is 1. The van der Waals surface area contributed by atoms with Gasteiger partial charge in [0.15, 0.2) is 0 Å². The predicted molar refractivity (Wildman–Crippen MR) is 108 cm³/mol. The Balaban J connectivity index is 1.53. The highest BCUT2D eigenvalue weighted by Crippen LogP contribution is 2.16. The zero-order chi connectivity index (χ0) is 19.2. The lowest BCUT2D eigenvalue weighted by molar-refractivity contribution is 0.0945. The summed E-state index contributed by atoms with van der Waals surface area (Å²) < 4.78 is 7.82. The zero-order valence-corrected chi connectivity index (χ0v) is 16.7. The average Bonchev–Trinajstić information content (AvgIpc) is 3.00. The van der Waals surface area contributed by atoms with Gasteiger partial charge in [0.2, 0.25) is 0 Å². The first kappa shape index (κ1) is 19.1. The van der Waals surface area contributed by atoms with Crippen molar-refractivity contribution in [3.05, 3.63) is 81.0 Å². The predicted octanol–water partition coefficient (Wildman–Crippen LogP) is 4.18. The van der Waals surface area contributed by atoms with Crippen molar-refractivity contribution in [1.29, 1.82) is 0 Å². The van der Waals surface area contributed by atoms with Crippen LogP contribution in [0.25, 0.3) is 0 Å². The Labute approximate surface area is 169 Å². The van der Waals surface area contributed by atoms with Crippen molar-refractivity contribution in [3.63, 3.8) is 0 Å². The molecule has 0 aliphatic heterocycles. The minimum Gasteiger partial charge on any atom is -0.489 e. The molecule has 0 bridgehead atoms. The number of carbonyl (C=O) groups excluding carboxylic acids is 1. The van der Waals surface area contributed by atoms with Crippen molar-refractivity contribution in [2.24, 2.45) is 12.1 Å². The molecule has 3 rings (SSSR count). The molecule has 0 unspecified atom stereocenters. The minimum absolute atomic E-state index is 0.346. The van der Waals surface area contributed by atoms with Gasteiger partial charge in [-0.3, -0.25) is 9.48 Å². The van der Waals surface area contributed by atoms with E-state index in [0.717, 1.165) is 16.9 Å². The highest BCUT2D eigenvalue weighted by atomic mass is 79.9. The summed E-state index contributed by atoms with van der Waals surface area (Å²) >= 11 is 9.15. The van der Waals surface area contributed by atoms with Gasteiger partial charge in [-0.1, -0.05) is 23.7 Å². The fourth-order valence-electron chi connectivity index (χ4n) is 2.28. The molecular weight excluding hydrogens is 432 g/mol. The molecule has 0 saturated carbocycles. The first-order valence-corrected chi connectivity index (χ1v) is 9.18. The number of benzene rings is 2. The molecule has 138 valence electrons. The van der Waals surface area contributed by atoms with Crippen LogP contribution in [0.2, 0.25) is 5.02 Å². The third kappa shape index (κ3) is 5.18.